The van der Waals surface area contributed by atoms with Gasteiger partial charge in [-0.1, -0.05) is 49.6 Å². The Morgan fingerprint density at radius 2 is 1.79 bits per heavy atom. The summed E-state index contributed by atoms with van der Waals surface area (Å²) in [5.41, 5.74) is 0.751. The number of nitrogens with zero attached hydrogens (tertiary/aromatic N) is 2. The molecule has 3 fully saturated rings. The van der Waals surface area contributed by atoms with Crippen LogP contribution in [0.2, 0.25) is 0 Å². The number of carbonyl (C=O) groups is 2. The second kappa shape index (κ2) is 7.98. The zero-order chi connectivity index (χ0) is 20.6. The topological polar surface area (TPSA) is 72.9 Å². The molecule has 0 bridgehead atoms. The van der Waals surface area contributed by atoms with E-state index in [1.165, 1.54) is 6.42 Å². The van der Waals surface area contributed by atoms with Crippen molar-refractivity contribution in [1.82, 2.24) is 15.1 Å². The second-order valence-corrected chi connectivity index (χ2v) is 9.25. The van der Waals surface area contributed by atoms with Crippen LogP contribution < -0.4 is 5.32 Å². The number of benzene rings is 1. The number of likely N-dealkylation sites (tertiary alicyclic amines) is 2. The molecule has 1 saturated carbocycles. The fraction of sp³-hybridized carbons (Fsp3) is 0.652. The van der Waals surface area contributed by atoms with Crippen molar-refractivity contribution >= 4 is 11.9 Å². The molecular weight excluding hydrogens is 366 g/mol. The van der Waals surface area contributed by atoms with Crippen molar-refractivity contribution in [3.63, 3.8) is 0 Å². The lowest BCUT2D eigenvalue weighted by Gasteiger charge is -2.70. The predicted octanol–water partition coefficient (Wildman–Crippen LogP) is 2.73. The third-order valence-corrected chi connectivity index (χ3v) is 6.94. The van der Waals surface area contributed by atoms with E-state index in [1.54, 1.807) is 4.90 Å². The molecule has 2 aliphatic heterocycles. The minimum Gasteiger partial charge on any atom is -0.394 e. The van der Waals surface area contributed by atoms with E-state index in [-0.39, 0.29) is 42.5 Å². The molecule has 29 heavy (non-hydrogen) atoms. The van der Waals surface area contributed by atoms with Crippen LogP contribution in [0.25, 0.3) is 0 Å². The Morgan fingerprint density at radius 3 is 2.38 bits per heavy atom. The summed E-state index contributed by atoms with van der Waals surface area (Å²) in [6, 6.07) is 9.95. The van der Waals surface area contributed by atoms with Crippen LogP contribution in [0.4, 0.5) is 4.79 Å². The van der Waals surface area contributed by atoms with E-state index >= 15 is 0 Å². The van der Waals surface area contributed by atoms with E-state index < -0.39 is 5.54 Å². The molecule has 6 nitrogen and oxygen atoms in total. The number of aliphatic hydroxyl groups excluding tert-OH is 1. The van der Waals surface area contributed by atoms with Crippen LogP contribution in [0, 0.1) is 5.92 Å². The van der Waals surface area contributed by atoms with Crippen LogP contribution in [0.3, 0.4) is 0 Å². The van der Waals surface area contributed by atoms with E-state index in [1.807, 2.05) is 36.9 Å². The first-order valence-electron chi connectivity index (χ1n) is 11.0. The smallest absolute Gasteiger partial charge is 0.317 e. The Hall–Kier alpha value is -2.08. The quantitative estimate of drug-likeness (QED) is 0.818. The number of rotatable bonds is 4. The van der Waals surface area contributed by atoms with Gasteiger partial charge in [0.15, 0.2) is 0 Å². The van der Waals surface area contributed by atoms with Gasteiger partial charge in [0.05, 0.1) is 18.2 Å². The molecule has 2 atom stereocenters. The van der Waals surface area contributed by atoms with Crippen LogP contribution in [0.5, 0.6) is 0 Å². The molecule has 158 valence electrons. The third kappa shape index (κ3) is 3.41. The maximum absolute atomic E-state index is 13.5. The molecular formula is C23H33N3O3. The number of aliphatic hydroxyl groups is 1. The van der Waals surface area contributed by atoms with Gasteiger partial charge in [0.1, 0.15) is 0 Å². The molecule has 1 spiro atoms. The molecule has 1 aromatic rings. The average molecular weight is 400 g/mol. The monoisotopic (exact) mass is 399 g/mol. The van der Waals surface area contributed by atoms with Gasteiger partial charge in [-0.3, -0.25) is 4.79 Å². The predicted molar refractivity (Wildman–Crippen MR) is 111 cm³/mol. The highest BCUT2D eigenvalue weighted by atomic mass is 16.3. The molecule has 0 radical (unpaired) electrons. The highest BCUT2D eigenvalue weighted by Crippen LogP contribution is 2.54. The summed E-state index contributed by atoms with van der Waals surface area (Å²) in [4.78, 5) is 29.7. The van der Waals surface area contributed by atoms with Gasteiger partial charge >= 0.3 is 6.03 Å². The lowest BCUT2D eigenvalue weighted by atomic mass is 9.60. The fourth-order valence-corrected chi connectivity index (χ4v) is 5.66. The molecule has 0 aromatic heterocycles. The van der Waals surface area contributed by atoms with E-state index in [9.17, 15) is 14.7 Å². The van der Waals surface area contributed by atoms with Gasteiger partial charge in [-0.15, -0.1) is 0 Å². The first-order valence-corrected chi connectivity index (χ1v) is 11.0. The molecule has 3 aliphatic rings. The zero-order valence-electron chi connectivity index (χ0n) is 17.5. The molecule has 4 rings (SSSR count). The molecule has 3 amide bonds. The third-order valence-electron chi connectivity index (χ3n) is 6.94. The van der Waals surface area contributed by atoms with Crippen LogP contribution in [0.15, 0.2) is 30.3 Å². The Morgan fingerprint density at radius 1 is 1.14 bits per heavy atom. The summed E-state index contributed by atoms with van der Waals surface area (Å²) in [6.07, 6.45) is 5.29. The molecule has 1 aliphatic carbocycles. The lowest BCUT2D eigenvalue weighted by Crippen LogP contribution is -2.86. The fourth-order valence-electron chi connectivity index (χ4n) is 5.66. The standard InChI is InChI=1S/C23H33N3O3/c1-16(2)24-22(29)25-14-23(15-25)20(17-9-5-3-6-10-17)19(13-27)26(23)21(28)18-11-7-4-8-12-18/h3,5-6,9-10,16,18-20,27H,4,7-8,11-15H2,1-2H3,(H,24,29)/t19-,20-/m1/s1. The van der Waals surface area contributed by atoms with Crippen LogP contribution in [0.1, 0.15) is 57.4 Å². The molecule has 0 unspecified atom stereocenters. The summed E-state index contributed by atoms with van der Waals surface area (Å²) in [6.45, 7) is 4.91. The van der Waals surface area contributed by atoms with E-state index in [2.05, 4.69) is 17.4 Å². The first kappa shape index (κ1) is 20.2. The molecule has 1 aromatic carbocycles. The van der Waals surface area contributed by atoms with Crippen molar-refractivity contribution in [3.05, 3.63) is 35.9 Å². The molecule has 2 N–H and O–H groups in total. The summed E-state index contributed by atoms with van der Waals surface area (Å²) in [5.74, 6) is 0.300. The van der Waals surface area contributed by atoms with Crippen molar-refractivity contribution < 1.29 is 14.7 Å². The zero-order valence-corrected chi connectivity index (χ0v) is 17.5. The summed E-state index contributed by atoms with van der Waals surface area (Å²) in [5, 5.41) is 13.1. The van der Waals surface area contributed by atoms with Gasteiger partial charge in [-0.2, -0.15) is 0 Å². The number of nitrogens with one attached hydrogen (secondary N) is 1. The minimum absolute atomic E-state index is 0.0437. The maximum atomic E-state index is 13.5. The van der Waals surface area contributed by atoms with Crippen LogP contribution in [-0.2, 0) is 4.79 Å². The minimum atomic E-state index is -0.391. The summed E-state index contributed by atoms with van der Waals surface area (Å²) >= 11 is 0. The maximum Gasteiger partial charge on any atom is 0.317 e. The normalized spacial score (nSPS) is 26.2. The van der Waals surface area contributed by atoms with Gasteiger partial charge in [0, 0.05) is 31.0 Å². The van der Waals surface area contributed by atoms with Crippen molar-refractivity contribution in [1.29, 1.82) is 0 Å². The van der Waals surface area contributed by atoms with Crippen LogP contribution >= 0.6 is 0 Å². The molecule has 6 heteroatoms. The summed E-state index contributed by atoms with van der Waals surface area (Å²) < 4.78 is 0. The van der Waals surface area contributed by atoms with Gasteiger partial charge in [-0.05, 0) is 32.3 Å². The highest BCUT2D eigenvalue weighted by molar-refractivity contribution is 5.84. The van der Waals surface area contributed by atoms with Crippen molar-refractivity contribution in [3.8, 4) is 0 Å². The van der Waals surface area contributed by atoms with E-state index in [4.69, 9.17) is 0 Å². The lowest BCUT2D eigenvalue weighted by molar-refractivity contribution is -0.197. The van der Waals surface area contributed by atoms with Gasteiger partial charge in [0.25, 0.3) is 0 Å². The van der Waals surface area contributed by atoms with Crippen LogP contribution in [-0.4, -0.2) is 64.2 Å². The van der Waals surface area contributed by atoms with E-state index in [0.717, 1.165) is 31.2 Å². The number of amides is 3. The largest absolute Gasteiger partial charge is 0.394 e. The highest BCUT2D eigenvalue weighted by Gasteiger charge is 2.68. The van der Waals surface area contributed by atoms with Gasteiger partial charge < -0.3 is 20.2 Å². The SMILES string of the molecule is CC(C)NC(=O)N1CC2(C1)[C@H](c1ccccc1)[C@@H](CO)N2C(=O)C1CCCCC1. The van der Waals surface area contributed by atoms with E-state index in [0.29, 0.717) is 13.1 Å². The molecule has 2 heterocycles. The number of urea groups is 1. The van der Waals surface area contributed by atoms with Crippen molar-refractivity contribution in [2.45, 2.75) is 69.5 Å². The van der Waals surface area contributed by atoms with Gasteiger partial charge in [-0.25, -0.2) is 4.79 Å². The Labute approximate surface area is 173 Å². The molecule has 2 saturated heterocycles. The Kier molecular flexibility index (Phi) is 5.56. The Balaban J connectivity index is 1.59. The average Bonchev–Trinajstić information content (AvgIpc) is 2.67. The summed E-state index contributed by atoms with van der Waals surface area (Å²) in [7, 11) is 0. The van der Waals surface area contributed by atoms with Crippen molar-refractivity contribution in [2.24, 2.45) is 5.92 Å². The Bertz CT molecular complexity index is 739. The van der Waals surface area contributed by atoms with Gasteiger partial charge in [0.2, 0.25) is 5.91 Å². The second-order valence-electron chi connectivity index (χ2n) is 9.25. The number of hydrogen-bond donors (Lipinski definition) is 2. The number of hydrogen-bond acceptors (Lipinski definition) is 3. The first-order chi connectivity index (χ1) is 14.0. The number of carbonyl (C=O) groups excluding carboxylic acids is 2. The van der Waals surface area contributed by atoms with Crippen molar-refractivity contribution in [2.75, 3.05) is 19.7 Å².